The van der Waals surface area contributed by atoms with E-state index in [0.717, 1.165) is 28.8 Å². The van der Waals surface area contributed by atoms with Crippen LogP contribution < -0.4 is 0 Å². The van der Waals surface area contributed by atoms with E-state index >= 15 is 0 Å². The summed E-state index contributed by atoms with van der Waals surface area (Å²) < 4.78 is 11.1. The molecule has 1 aliphatic carbocycles. The molecule has 2 fully saturated rings. The van der Waals surface area contributed by atoms with Crippen LogP contribution in [0.4, 0.5) is 0 Å². The summed E-state index contributed by atoms with van der Waals surface area (Å²) >= 11 is 7.76. The molecule has 2 aromatic rings. The molecule has 1 aromatic carbocycles. The molecule has 1 saturated carbocycles. The van der Waals surface area contributed by atoms with Gasteiger partial charge in [0.1, 0.15) is 0 Å². The Kier molecular flexibility index (Phi) is 4.20. The van der Waals surface area contributed by atoms with Crippen molar-refractivity contribution in [1.29, 1.82) is 0 Å². The summed E-state index contributed by atoms with van der Waals surface area (Å²) in [6.07, 6.45) is 2.49. The second-order valence-corrected chi connectivity index (χ2v) is 7.70. The van der Waals surface area contributed by atoms with Crippen LogP contribution in [-0.4, -0.2) is 18.3 Å². The van der Waals surface area contributed by atoms with Crippen molar-refractivity contribution in [3.05, 3.63) is 56.7 Å². The topological polar surface area (TPSA) is 38.7 Å². The highest BCUT2D eigenvalue weighted by Crippen LogP contribution is 2.48. The number of aliphatic hydroxyl groups is 1. The van der Waals surface area contributed by atoms with Crippen molar-refractivity contribution < 1.29 is 14.6 Å². The molecule has 1 atom stereocenters. The van der Waals surface area contributed by atoms with Gasteiger partial charge in [-0.15, -0.1) is 11.3 Å². The van der Waals surface area contributed by atoms with E-state index in [-0.39, 0.29) is 6.29 Å². The molecular formula is C18H19ClO3S. The fourth-order valence-corrected chi connectivity index (χ4v) is 4.34. The predicted molar refractivity (Wildman–Crippen MR) is 90.7 cm³/mol. The molecule has 23 heavy (non-hydrogen) atoms. The largest absolute Gasteiger partial charge is 0.385 e. The molecule has 0 amide bonds. The maximum Gasteiger partial charge on any atom is 0.193 e. The number of hydrogen-bond acceptors (Lipinski definition) is 4. The third-order valence-corrected chi connectivity index (χ3v) is 5.82. The summed E-state index contributed by atoms with van der Waals surface area (Å²) in [5, 5.41) is 14.1. The Bertz CT molecular complexity index is 691. The molecule has 3 nitrogen and oxygen atoms in total. The van der Waals surface area contributed by atoms with E-state index in [4.69, 9.17) is 21.1 Å². The van der Waals surface area contributed by atoms with Crippen LogP contribution in [0.3, 0.4) is 0 Å². The van der Waals surface area contributed by atoms with Gasteiger partial charge in [0.05, 0.1) is 23.7 Å². The minimum Gasteiger partial charge on any atom is -0.385 e. The zero-order valence-corrected chi connectivity index (χ0v) is 14.3. The molecule has 1 N–H and O–H groups in total. The van der Waals surface area contributed by atoms with Crippen LogP contribution >= 0.6 is 22.9 Å². The fraction of sp³-hybridized carbons (Fsp3) is 0.444. The molecule has 5 heteroatoms. The maximum atomic E-state index is 11.4. The third-order valence-electron chi connectivity index (χ3n) is 4.58. The van der Waals surface area contributed by atoms with E-state index in [1.165, 1.54) is 0 Å². The highest BCUT2D eigenvalue weighted by Gasteiger charge is 2.45. The first kappa shape index (κ1) is 15.6. The molecule has 1 aliphatic heterocycles. The van der Waals surface area contributed by atoms with Crippen LogP contribution in [0, 0.1) is 5.92 Å². The Morgan fingerprint density at radius 3 is 2.70 bits per heavy atom. The number of thiophene rings is 1. The van der Waals surface area contributed by atoms with Crippen molar-refractivity contribution in [2.45, 2.75) is 31.2 Å². The van der Waals surface area contributed by atoms with E-state index in [0.29, 0.717) is 30.6 Å². The third kappa shape index (κ3) is 3.19. The first-order chi connectivity index (χ1) is 11.1. The molecule has 0 bridgehead atoms. The zero-order valence-electron chi connectivity index (χ0n) is 12.7. The molecule has 0 spiro atoms. The Balaban J connectivity index is 1.59. The lowest BCUT2D eigenvalue weighted by Crippen LogP contribution is -2.31. The lowest BCUT2D eigenvalue weighted by Gasteiger charge is -2.29. The summed E-state index contributed by atoms with van der Waals surface area (Å²) in [6.45, 7) is 1.29. The highest BCUT2D eigenvalue weighted by molar-refractivity contribution is 7.10. The SMILES string of the molecule is OC(Cc1csc(C2OCCO2)c1)(c1cccc(Cl)c1)C1CC1. The van der Waals surface area contributed by atoms with Crippen LogP contribution in [0.25, 0.3) is 0 Å². The molecule has 122 valence electrons. The van der Waals surface area contributed by atoms with Gasteiger partial charge in [-0.1, -0.05) is 23.7 Å². The molecule has 2 heterocycles. The van der Waals surface area contributed by atoms with Gasteiger partial charge >= 0.3 is 0 Å². The Morgan fingerprint density at radius 1 is 1.22 bits per heavy atom. The number of rotatable bonds is 5. The van der Waals surface area contributed by atoms with Crippen LogP contribution in [0.2, 0.25) is 5.02 Å². The van der Waals surface area contributed by atoms with E-state index in [9.17, 15) is 5.11 Å². The van der Waals surface area contributed by atoms with Crippen molar-refractivity contribution in [2.75, 3.05) is 13.2 Å². The standard InChI is InChI=1S/C18H19ClO3S/c19-15-3-1-2-14(9-15)18(20,13-4-5-13)10-12-8-16(23-11-12)17-21-6-7-22-17/h1-3,8-9,11,13,17,20H,4-7,10H2. The van der Waals surface area contributed by atoms with Crippen molar-refractivity contribution in [3.8, 4) is 0 Å². The summed E-state index contributed by atoms with van der Waals surface area (Å²) in [5.74, 6) is 0.309. The zero-order chi connectivity index (χ0) is 15.9. The molecule has 0 radical (unpaired) electrons. The maximum absolute atomic E-state index is 11.4. The van der Waals surface area contributed by atoms with Crippen molar-refractivity contribution in [3.63, 3.8) is 0 Å². The summed E-state index contributed by atoms with van der Waals surface area (Å²) in [6, 6.07) is 9.70. The van der Waals surface area contributed by atoms with E-state index in [2.05, 4.69) is 11.4 Å². The van der Waals surface area contributed by atoms with Crippen LogP contribution in [0.5, 0.6) is 0 Å². The van der Waals surface area contributed by atoms with Gasteiger partial charge in [0.2, 0.25) is 0 Å². The summed E-state index contributed by atoms with van der Waals surface area (Å²) in [5.41, 5.74) is 1.19. The number of halogens is 1. The molecule has 1 unspecified atom stereocenters. The Labute approximate surface area is 144 Å². The monoisotopic (exact) mass is 350 g/mol. The van der Waals surface area contributed by atoms with Gasteiger partial charge in [0.15, 0.2) is 6.29 Å². The number of ether oxygens (including phenoxy) is 2. The minimum absolute atomic E-state index is 0.242. The van der Waals surface area contributed by atoms with Gasteiger partial charge in [0.25, 0.3) is 0 Å². The number of benzene rings is 1. The van der Waals surface area contributed by atoms with E-state index in [1.807, 2.05) is 24.3 Å². The van der Waals surface area contributed by atoms with Crippen LogP contribution in [0.1, 0.15) is 35.1 Å². The van der Waals surface area contributed by atoms with Gasteiger partial charge in [-0.2, -0.15) is 0 Å². The van der Waals surface area contributed by atoms with Crippen molar-refractivity contribution in [2.24, 2.45) is 5.92 Å². The Morgan fingerprint density at radius 2 is 2.00 bits per heavy atom. The second-order valence-electron chi connectivity index (χ2n) is 6.32. The predicted octanol–water partition coefficient (Wildman–Crippen LogP) is 4.29. The average Bonchev–Trinajstić information content (AvgIpc) is 3.08. The van der Waals surface area contributed by atoms with Gasteiger partial charge in [0, 0.05) is 11.4 Å². The first-order valence-electron chi connectivity index (χ1n) is 7.94. The van der Waals surface area contributed by atoms with Gasteiger partial charge in [-0.3, -0.25) is 0 Å². The Hall–Kier alpha value is -0.910. The average molecular weight is 351 g/mol. The molecule has 1 saturated heterocycles. The molecule has 4 rings (SSSR count). The normalized spacial score (nSPS) is 21.5. The minimum atomic E-state index is -0.847. The lowest BCUT2D eigenvalue weighted by atomic mass is 9.83. The molecule has 2 aliphatic rings. The molecule has 1 aromatic heterocycles. The summed E-state index contributed by atoms with van der Waals surface area (Å²) in [7, 11) is 0. The van der Waals surface area contributed by atoms with Crippen molar-refractivity contribution >= 4 is 22.9 Å². The smallest absolute Gasteiger partial charge is 0.193 e. The highest BCUT2D eigenvalue weighted by atomic mass is 35.5. The summed E-state index contributed by atoms with van der Waals surface area (Å²) in [4.78, 5) is 1.07. The van der Waals surface area contributed by atoms with E-state index in [1.54, 1.807) is 11.3 Å². The van der Waals surface area contributed by atoms with Crippen LogP contribution in [-0.2, 0) is 21.5 Å². The van der Waals surface area contributed by atoms with Crippen LogP contribution in [0.15, 0.2) is 35.7 Å². The van der Waals surface area contributed by atoms with E-state index < -0.39 is 5.60 Å². The first-order valence-corrected chi connectivity index (χ1v) is 9.20. The van der Waals surface area contributed by atoms with Gasteiger partial charge in [-0.25, -0.2) is 0 Å². The van der Waals surface area contributed by atoms with Gasteiger partial charge in [-0.05, 0) is 53.5 Å². The van der Waals surface area contributed by atoms with Gasteiger partial charge < -0.3 is 14.6 Å². The second kappa shape index (κ2) is 6.19. The number of hydrogen-bond donors (Lipinski definition) is 1. The molecular weight excluding hydrogens is 332 g/mol. The van der Waals surface area contributed by atoms with Crippen molar-refractivity contribution in [1.82, 2.24) is 0 Å². The fourth-order valence-electron chi connectivity index (χ4n) is 3.25. The lowest BCUT2D eigenvalue weighted by molar-refractivity contribution is -0.0414. The quantitative estimate of drug-likeness (QED) is 0.874.